The number of halogens is 3. The lowest BCUT2D eigenvalue weighted by Gasteiger charge is -2.14. The average molecular weight is 324 g/mol. The molecular weight excluding hydrogens is 308 g/mol. The van der Waals surface area contributed by atoms with Crippen LogP contribution >= 0.6 is 11.6 Å². The second kappa shape index (κ2) is 7.36. The molecule has 5 heteroatoms. The minimum Gasteiger partial charge on any atom is -0.350 e. The van der Waals surface area contributed by atoms with Gasteiger partial charge in [-0.15, -0.1) is 0 Å². The SMILES string of the molecule is C[C@H](NC(=O)CCc1ccc(F)c(F)c1)c1ccc(Cl)cc1. The van der Waals surface area contributed by atoms with E-state index in [1.807, 2.05) is 19.1 Å². The van der Waals surface area contributed by atoms with Crippen molar-refractivity contribution in [3.8, 4) is 0 Å². The lowest BCUT2D eigenvalue weighted by Crippen LogP contribution is -2.26. The monoisotopic (exact) mass is 323 g/mol. The van der Waals surface area contributed by atoms with Gasteiger partial charge >= 0.3 is 0 Å². The van der Waals surface area contributed by atoms with Crippen molar-refractivity contribution < 1.29 is 13.6 Å². The molecule has 0 aliphatic carbocycles. The summed E-state index contributed by atoms with van der Waals surface area (Å²) in [6.45, 7) is 1.87. The molecule has 0 aliphatic rings. The summed E-state index contributed by atoms with van der Waals surface area (Å²) >= 11 is 5.82. The molecule has 0 heterocycles. The van der Waals surface area contributed by atoms with Gasteiger partial charge in [0, 0.05) is 11.4 Å². The molecule has 22 heavy (non-hydrogen) atoms. The molecule has 2 aromatic carbocycles. The zero-order valence-corrected chi connectivity index (χ0v) is 12.8. The second-order valence-electron chi connectivity index (χ2n) is 5.09. The van der Waals surface area contributed by atoms with Crippen LogP contribution < -0.4 is 5.32 Å². The lowest BCUT2D eigenvalue weighted by molar-refractivity contribution is -0.121. The summed E-state index contributed by atoms with van der Waals surface area (Å²) in [5, 5.41) is 3.50. The van der Waals surface area contributed by atoms with E-state index in [-0.39, 0.29) is 18.4 Å². The molecular formula is C17H16ClF2NO. The van der Waals surface area contributed by atoms with E-state index in [9.17, 15) is 13.6 Å². The standard InChI is InChI=1S/C17H16ClF2NO/c1-11(13-4-6-14(18)7-5-13)21-17(22)9-3-12-2-8-15(19)16(20)10-12/h2,4-8,10-11H,3,9H2,1H3,(H,21,22)/t11-/m0/s1. The molecule has 0 saturated heterocycles. The fraction of sp³-hybridized carbons (Fsp3) is 0.235. The summed E-state index contributed by atoms with van der Waals surface area (Å²) in [4.78, 5) is 11.9. The van der Waals surface area contributed by atoms with Crippen LogP contribution in [0.3, 0.4) is 0 Å². The molecule has 0 bridgehead atoms. The number of hydrogen-bond acceptors (Lipinski definition) is 1. The molecule has 0 unspecified atom stereocenters. The maximum absolute atomic E-state index is 13.1. The van der Waals surface area contributed by atoms with Crippen LogP contribution in [0.5, 0.6) is 0 Å². The average Bonchev–Trinajstić information content (AvgIpc) is 2.49. The van der Waals surface area contributed by atoms with E-state index >= 15 is 0 Å². The van der Waals surface area contributed by atoms with Gasteiger partial charge < -0.3 is 5.32 Å². The van der Waals surface area contributed by atoms with E-state index in [1.165, 1.54) is 6.07 Å². The number of aryl methyl sites for hydroxylation is 1. The molecule has 0 fully saturated rings. The molecule has 116 valence electrons. The van der Waals surface area contributed by atoms with Crippen LogP contribution in [-0.4, -0.2) is 5.91 Å². The number of nitrogens with one attached hydrogen (secondary N) is 1. The highest BCUT2D eigenvalue weighted by molar-refractivity contribution is 6.30. The minimum atomic E-state index is -0.896. The van der Waals surface area contributed by atoms with Gasteiger partial charge in [0.15, 0.2) is 11.6 Å². The van der Waals surface area contributed by atoms with Gasteiger partial charge in [-0.05, 0) is 48.7 Å². The normalized spacial score (nSPS) is 12.0. The van der Waals surface area contributed by atoms with Gasteiger partial charge in [-0.25, -0.2) is 8.78 Å². The topological polar surface area (TPSA) is 29.1 Å². The number of hydrogen-bond donors (Lipinski definition) is 1. The summed E-state index contributed by atoms with van der Waals surface area (Å²) in [7, 11) is 0. The summed E-state index contributed by atoms with van der Waals surface area (Å²) < 4.78 is 25.9. The Morgan fingerprint density at radius 2 is 1.82 bits per heavy atom. The maximum atomic E-state index is 13.1. The van der Waals surface area contributed by atoms with Gasteiger partial charge in [0.25, 0.3) is 0 Å². The first kappa shape index (κ1) is 16.4. The van der Waals surface area contributed by atoms with Crippen LogP contribution in [0, 0.1) is 11.6 Å². The Labute approximate surface area is 133 Å². The molecule has 2 rings (SSSR count). The Balaban J connectivity index is 1.87. The highest BCUT2D eigenvalue weighted by Gasteiger charge is 2.10. The first-order chi connectivity index (χ1) is 10.5. The van der Waals surface area contributed by atoms with Crippen molar-refractivity contribution in [2.75, 3.05) is 0 Å². The Hall–Kier alpha value is -1.94. The predicted molar refractivity (Wildman–Crippen MR) is 82.7 cm³/mol. The van der Waals surface area contributed by atoms with E-state index in [1.54, 1.807) is 12.1 Å². The Morgan fingerprint density at radius 3 is 2.45 bits per heavy atom. The van der Waals surface area contributed by atoms with E-state index in [0.29, 0.717) is 17.0 Å². The Kier molecular flexibility index (Phi) is 5.50. The zero-order chi connectivity index (χ0) is 16.1. The molecule has 0 saturated carbocycles. The molecule has 0 aromatic heterocycles. The largest absolute Gasteiger partial charge is 0.350 e. The summed E-state index contributed by atoms with van der Waals surface area (Å²) in [6.07, 6.45) is 0.569. The van der Waals surface area contributed by atoms with Gasteiger partial charge in [-0.2, -0.15) is 0 Å². The highest BCUT2D eigenvalue weighted by atomic mass is 35.5. The first-order valence-corrected chi connectivity index (χ1v) is 7.32. The molecule has 2 aromatic rings. The van der Waals surface area contributed by atoms with E-state index in [0.717, 1.165) is 17.7 Å². The first-order valence-electron chi connectivity index (χ1n) is 6.94. The summed E-state index contributed by atoms with van der Waals surface area (Å²) in [5.41, 5.74) is 1.54. The molecule has 2 nitrogen and oxygen atoms in total. The van der Waals surface area contributed by atoms with Gasteiger partial charge in [-0.3, -0.25) is 4.79 Å². The summed E-state index contributed by atoms with van der Waals surface area (Å²) in [6, 6.07) is 10.8. The number of rotatable bonds is 5. The number of benzene rings is 2. The van der Waals surface area contributed by atoms with Crippen molar-refractivity contribution >= 4 is 17.5 Å². The van der Waals surface area contributed by atoms with Crippen LogP contribution in [0.1, 0.15) is 30.5 Å². The van der Waals surface area contributed by atoms with E-state index in [2.05, 4.69) is 5.32 Å². The van der Waals surface area contributed by atoms with Crippen molar-refractivity contribution in [3.05, 3.63) is 70.2 Å². The fourth-order valence-corrected chi connectivity index (χ4v) is 2.23. The highest BCUT2D eigenvalue weighted by Crippen LogP contribution is 2.16. The third-order valence-corrected chi connectivity index (χ3v) is 3.62. The molecule has 1 N–H and O–H groups in total. The van der Waals surface area contributed by atoms with Gasteiger partial charge in [0.1, 0.15) is 0 Å². The minimum absolute atomic E-state index is 0.144. The third kappa shape index (κ3) is 4.53. The Bertz CT molecular complexity index is 658. The van der Waals surface area contributed by atoms with Crippen LogP contribution in [0.4, 0.5) is 8.78 Å². The van der Waals surface area contributed by atoms with Crippen LogP contribution in [-0.2, 0) is 11.2 Å². The van der Waals surface area contributed by atoms with Crippen molar-refractivity contribution in [3.63, 3.8) is 0 Å². The molecule has 0 radical (unpaired) electrons. The van der Waals surface area contributed by atoms with Gasteiger partial charge in [0.2, 0.25) is 5.91 Å². The third-order valence-electron chi connectivity index (χ3n) is 3.37. The summed E-state index contributed by atoms with van der Waals surface area (Å²) in [5.74, 6) is -1.93. The van der Waals surface area contributed by atoms with Crippen molar-refractivity contribution in [1.29, 1.82) is 0 Å². The van der Waals surface area contributed by atoms with E-state index < -0.39 is 11.6 Å². The van der Waals surface area contributed by atoms with Crippen molar-refractivity contribution in [2.24, 2.45) is 0 Å². The quantitative estimate of drug-likeness (QED) is 0.866. The van der Waals surface area contributed by atoms with Crippen LogP contribution in [0.15, 0.2) is 42.5 Å². The lowest BCUT2D eigenvalue weighted by atomic mass is 10.1. The second-order valence-corrected chi connectivity index (χ2v) is 5.53. The molecule has 1 atom stereocenters. The van der Waals surface area contributed by atoms with Gasteiger partial charge in [0.05, 0.1) is 6.04 Å². The maximum Gasteiger partial charge on any atom is 0.220 e. The molecule has 0 aliphatic heterocycles. The molecule has 0 spiro atoms. The van der Waals surface area contributed by atoms with Crippen molar-refractivity contribution in [1.82, 2.24) is 5.32 Å². The van der Waals surface area contributed by atoms with Crippen LogP contribution in [0.25, 0.3) is 0 Å². The van der Waals surface area contributed by atoms with Gasteiger partial charge in [-0.1, -0.05) is 29.8 Å². The smallest absolute Gasteiger partial charge is 0.220 e. The van der Waals surface area contributed by atoms with Crippen molar-refractivity contribution in [2.45, 2.75) is 25.8 Å². The number of carbonyl (C=O) groups is 1. The van der Waals surface area contributed by atoms with Crippen LogP contribution in [0.2, 0.25) is 5.02 Å². The fourth-order valence-electron chi connectivity index (χ4n) is 2.10. The molecule has 1 amide bonds. The number of amides is 1. The zero-order valence-electron chi connectivity index (χ0n) is 12.1. The predicted octanol–water partition coefficient (Wildman–Crippen LogP) is 4.43. The van der Waals surface area contributed by atoms with E-state index in [4.69, 9.17) is 11.6 Å². The number of carbonyl (C=O) groups excluding carboxylic acids is 1. The Morgan fingerprint density at radius 1 is 1.14 bits per heavy atom.